The minimum absolute atomic E-state index is 0.212. The lowest BCUT2D eigenvalue weighted by atomic mass is 10.1. The number of nitrogens with one attached hydrogen (secondary N) is 2. The maximum absolute atomic E-state index is 12.2. The van der Waals surface area contributed by atoms with Crippen molar-refractivity contribution >= 4 is 12.0 Å². The maximum Gasteiger partial charge on any atom is 0.407 e. The zero-order valence-corrected chi connectivity index (χ0v) is 17.2. The number of ether oxygens (including phenoxy) is 1. The highest BCUT2D eigenvalue weighted by Gasteiger charge is 2.13. The lowest BCUT2D eigenvalue weighted by Crippen LogP contribution is -2.41. The first kappa shape index (κ1) is 22.0. The van der Waals surface area contributed by atoms with Crippen molar-refractivity contribution in [2.24, 2.45) is 5.73 Å². The normalized spacial score (nSPS) is 11.4. The lowest BCUT2D eigenvalue weighted by molar-refractivity contribution is -0.122. The van der Waals surface area contributed by atoms with E-state index < -0.39 is 12.1 Å². The second-order valence-corrected chi connectivity index (χ2v) is 7.12. The summed E-state index contributed by atoms with van der Waals surface area (Å²) in [6, 6.07) is 20.2. The number of aromatic nitrogens is 1. The molecule has 0 aliphatic carbocycles. The zero-order valence-electron chi connectivity index (χ0n) is 17.2. The Kier molecular flexibility index (Phi) is 8.13. The number of amides is 2. The van der Waals surface area contributed by atoms with Gasteiger partial charge < -0.3 is 21.1 Å². The zero-order chi connectivity index (χ0) is 21.9. The second-order valence-electron chi connectivity index (χ2n) is 7.12. The number of hydrogen-bond donors (Lipinski definition) is 3. The Labute approximate surface area is 181 Å². The summed E-state index contributed by atoms with van der Waals surface area (Å²) in [6.45, 7) is 0.969. The van der Waals surface area contributed by atoms with Gasteiger partial charge in [-0.2, -0.15) is 0 Å². The van der Waals surface area contributed by atoms with Gasteiger partial charge in [-0.15, -0.1) is 0 Å². The molecular weight excluding hydrogens is 392 g/mol. The molecule has 2 amide bonds. The molecular formula is C24H26N4O3. The van der Waals surface area contributed by atoms with E-state index in [1.807, 2.05) is 66.7 Å². The van der Waals surface area contributed by atoms with Crippen LogP contribution in [0.15, 0.2) is 79.1 Å². The third kappa shape index (κ3) is 7.56. The maximum atomic E-state index is 12.2. The number of nitrogens with two attached hydrogens (primary N) is 1. The summed E-state index contributed by atoms with van der Waals surface area (Å²) in [5, 5.41) is 5.57. The molecule has 0 aliphatic rings. The molecule has 3 aromatic rings. The van der Waals surface area contributed by atoms with Gasteiger partial charge in [-0.3, -0.25) is 9.78 Å². The molecule has 0 saturated heterocycles. The van der Waals surface area contributed by atoms with Crippen LogP contribution < -0.4 is 16.4 Å². The fraction of sp³-hybridized carbons (Fsp3) is 0.208. The van der Waals surface area contributed by atoms with E-state index in [-0.39, 0.29) is 12.5 Å². The highest BCUT2D eigenvalue weighted by Crippen LogP contribution is 2.06. The van der Waals surface area contributed by atoms with Crippen LogP contribution in [0, 0.1) is 0 Å². The summed E-state index contributed by atoms with van der Waals surface area (Å²) in [7, 11) is 0. The van der Waals surface area contributed by atoms with E-state index in [4.69, 9.17) is 10.5 Å². The topological polar surface area (TPSA) is 106 Å². The van der Waals surface area contributed by atoms with Crippen molar-refractivity contribution in [2.45, 2.75) is 32.2 Å². The standard InChI is InChI=1S/C24H26N4O3/c25-22(13-21-7-4-12-26-14-21)23(29)27-15-18-8-10-19(11-9-18)16-28-24(30)31-17-20-5-2-1-3-6-20/h1-12,14,22H,13,15-17,25H2,(H,27,29)(H,28,30). The molecule has 4 N–H and O–H groups in total. The van der Waals surface area contributed by atoms with Gasteiger partial charge >= 0.3 is 6.09 Å². The van der Waals surface area contributed by atoms with Crippen molar-refractivity contribution in [1.29, 1.82) is 0 Å². The highest BCUT2D eigenvalue weighted by molar-refractivity contribution is 5.81. The third-order valence-corrected chi connectivity index (χ3v) is 4.65. The van der Waals surface area contributed by atoms with Gasteiger partial charge in [0.1, 0.15) is 6.61 Å². The fourth-order valence-corrected chi connectivity index (χ4v) is 2.91. The van der Waals surface area contributed by atoms with Crippen molar-refractivity contribution in [3.63, 3.8) is 0 Å². The molecule has 0 spiro atoms. The number of rotatable bonds is 9. The molecule has 0 bridgehead atoms. The molecule has 0 saturated carbocycles. The summed E-state index contributed by atoms with van der Waals surface area (Å²) in [5.41, 5.74) is 9.70. The molecule has 0 fully saturated rings. The summed E-state index contributed by atoms with van der Waals surface area (Å²) >= 11 is 0. The highest BCUT2D eigenvalue weighted by atomic mass is 16.5. The number of benzene rings is 2. The van der Waals surface area contributed by atoms with E-state index in [0.29, 0.717) is 19.5 Å². The smallest absolute Gasteiger partial charge is 0.407 e. The molecule has 31 heavy (non-hydrogen) atoms. The van der Waals surface area contributed by atoms with E-state index in [0.717, 1.165) is 22.3 Å². The van der Waals surface area contributed by atoms with Crippen LogP contribution in [0.3, 0.4) is 0 Å². The number of carbonyl (C=O) groups is 2. The Morgan fingerprint density at radius 2 is 1.48 bits per heavy atom. The predicted octanol–water partition coefficient (Wildman–Crippen LogP) is 2.69. The molecule has 7 nitrogen and oxygen atoms in total. The van der Waals surface area contributed by atoms with E-state index in [1.165, 1.54) is 0 Å². The van der Waals surface area contributed by atoms with Crippen molar-refractivity contribution in [3.05, 3.63) is 101 Å². The van der Waals surface area contributed by atoms with Gasteiger partial charge in [-0.1, -0.05) is 60.7 Å². The van der Waals surface area contributed by atoms with Gasteiger partial charge in [0.15, 0.2) is 0 Å². The van der Waals surface area contributed by atoms with E-state index in [2.05, 4.69) is 15.6 Å². The van der Waals surface area contributed by atoms with Crippen molar-refractivity contribution in [3.8, 4) is 0 Å². The first-order valence-corrected chi connectivity index (χ1v) is 10.0. The number of hydrogen-bond acceptors (Lipinski definition) is 5. The molecule has 160 valence electrons. The van der Waals surface area contributed by atoms with Gasteiger partial charge in [0.05, 0.1) is 6.04 Å². The van der Waals surface area contributed by atoms with Gasteiger partial charge in [0, 0.05) is 25.5 Å². The average molecular weight is 418 g/mol. The molecule has 0 radical (unpaired) electrons. The Balaban J connectivity index is 1.37. The predicted molar refractivity (Wildman–Crippen MR) is 118 cm³/mol. The van der Waals surface area contributed by atoms with Gasteiger partial charge in [-0.05, 0) is 34.7 Å². The number of carbonyl (C=O) groups excluding carboxylic acids is 2. The van der Waals surface area contributed by atoms with Crippen molar-refractivity contribution in [1.82, 2.24) is 15.6 Å². The number of nitrogens with zero attached hydrogens (tertiary/aromatic N) is 1. The molecule has 0 aliphatic heterocycles. The number of alkyl carbamates (subject to hydrolysis) is 1. The molecule has 7 heteroatoms. The van der Waals surface area contributed by atoms with E-state index in [9.17, 15) is 9.59 Å². The minimum Gasteiger partial charge on any atom is -0.445 e. The largest absolute Gasteiger partial charge is 0.445 e. The molecule has 3 rings (SSSR count). The molecule has 1 atom stereocenters. The van der Waals surface area contributed by atoms with Gasteiger partial charge in [0.25, 0.3) is 0 Å². The lowest BCUT2D eigenvalue weighted by Gasteiger charge is -2.12. The van der Waals surface area contributed by atoms with Crippen LogP contribution >= 0.6 is 0 Å². The first-order valence-electron chi connectivity index (χ1n) is 10.0. The second kappa shape index (κ2) is 11.5. The van der Waals surface area contributed by atoms with Crippen molar-refractivity contribution in [2.75, 3.05) is 0 Å². The molecule has 1 heterocycles. The van der Waals surface area contributed by atoms with Gasteiger partial charge in [0.2, 0.25) is 5.91 Å². The number of pyridine rings is 1. The summed E-state index contributed by atoms with van der Waals surface area (Å²) in [5.74, 6) is -0.212. The van der Waals surface area contributed by atoms with Crippen LogP contribution in [0.2, 0.25) is 0 Å². The van der Waals surface area contributed by atoms with Crippen LogP contribution in [0.4, 0.5) is 4.79 Å². The third-order valence-electron chi connectivity index (χ3n) is 4.65. The molecule has 1 unspecified atom stereocenters. The SMILES string of the molecule is NC(Cc1cccnc1)C(=O)NCc1ccc(CNC(=O)OCc2ccccc2)cc1. The van der Waals surface area contributed by atoms with Crippen molar-refractivity contribution < 1.29 is 14.3 Å². The quantitative estimate of drug-likeness (QED) is 0.495. The summed E-state index contributed by atoms with van der Waals surface area (Å²) < 4.78 is 5.19. The van der Waals surface area contributed by atoms with Crippen LogP contribution in [0.1, 0.15) is 22.3 Å². The minimum atomic E-state index is -0.630. The Morgan fingerprint density at radius 1 is 0.839 bits per heavy atom. The monoisotopic (exact) mass is 418 g/mol. The summed E-state index contributed by atoms with van der Waals surface area (Å²) in [6.07, 6.45) is 3.35. The van der Waals surface area contributed by atoms with Crippen LogP contribution in [0.25, 0.3) is 0 Å². The van der Waals surface area contributed by atoms with E-state index in [1.54, 1.807) is 12.4 Å². The van der Waals surface area contributed by atoms with Crippen LogP contribution in [-0.4, -0.2) is 23.0 Å². The van der Waals surface area contributed by atoms with E-state index >= 15 is 0 Å². The Bertz CT molecular complexity index is 963. The molecule has 2 aromatic carbocycles. The Morgan fingerprint density at radius 3 is 2.13 bits per heavy atom. The average Bonchev–Trinajstić information content (AvgIpc) is 2.81. The summed E-state index contributed by atoms with van der Waals surface area (Å²) in [4.78, 5) is 28.1. The first-order chi connectivity index (χ1) is 15.1. The van der Waals surface area contributed by atoms with Crippen LogP contribution in [-0.2, 0) is 35.6 Å². The van der Waals surface area contributed by atoms with Gasteiger partial charge in [-0.25, -0.2) is 4.79 Å². The fourth-order valence-electron chi connectivity index (χ4n) is 2.91. The Hall–Kier alpha value is -3.71. The van der Waals surface area contributed by atoms with Crippen LogP contribution in [0.5, 0.6) is 0 Å². The molecule has 1 aromatic heterocycles.